The minimum Gasteiger partial charge on any atom is -0.303 e. The van der Waals surface area contributed by atoms with E-state index in [2.05, 4.69) is 0 Å². The largest absolute Gasteiger partial charge is 0.303 e. The Balaban J connectivity index is 2.49. The van der Waals surface area contributed by atoms with E-state index in [1.807, 2.05) is 0 Å². The van der Waals surface area contributed by atoms with Crippen LogP contribution in [0.3, 0.4) is 0 Å². The maximum Gasteiger partial charge on any atom is 0.131 e. The molecule has 0 aromatic heterocycles. The molecule has 0 bridgehead atoms. The molecule has 1 nitrogen and oxygen atoms in total. The van der Waals surface area contributed by atoms with Gasteiger partial charge in [0.25, 0.3) is 0 Å². The predicted molar refractivity (Wildman–Crippen MR) is 76.3 cm³/mol. The van der Waals surface area contributed by atoms with Crippen molar-refractivity contribution in [3.05, 3.63) is 57.8 Å². The average Bonchev–Trinajstić information content (AvgIpc) is 2.38. The van der Waals surface area contributed by atoms with Gasteiger partial charge in [-0.1, -0.05) is 48.3 Å². The number of hydrogen-bond acceptors (Lipinski definition) is 1. The summed E-state index contributed by atoms with van der Waals surface area (Å²) in [4.78, 5) is 10.7. The summed E-state index contributed by atoms with van der Waals surface area (Å²) < 4.78 is 14.1. The van der Waals surface area contributed by atoms with Crippen LogP contribution in [0.4, 0.5) is 4.39 Å². The fourth-order valence-corrected chi connectivity index (χ4v) is 2.33. The van der Waals surface area contributed by atoms with Gasteiger partial charge >= 0.3 is 0 Å². The molecular formula is C15H11Cl2FO. The van der Waals surface area contributed by atoms with Crippen LogP contribution in [0.1, 0.15) is 18.4 Å². The molecule has 0 aliphatic carbocycles. The zero-order valence-electron chi connectivity index (χ0n) is 10.2. The normalized spacial score (nSPS) is 12.2. The number of carbonyl (C=O) groups is 1. The molecule has 0 aliphatic rings. The number of halogens is 3. The van der Waals surface area contributed by atoms with Crippen LogP contribution in [-0.2, 0) is 4.79 Å². The summed E-state index contributed by atoms with van der Waals surface area (Å²) in [6.45, 7) is 1.72. The Labute approximate surface area is 121 Å². The number of rotatable bonds is 3. The highest BCUT2D eigenvalue weighted by Crippen LogP contribution is 2.33. The zero-order chi connectivity index (χ0) is 14.0. The molecule has 2 rings (SSSR count). The van der Waals surface area contributed by atoms with Crippen molar-refractivity contribution in [3.63, 3.8) is 0 Å². The Hall–Kier alpha value is -1.38. The van der Waals surface area contributed by atoms with Crippen molar-refractivity contribution in [2.45, 2.75) is 12.8 Å². The topological polar surface area (TPSA) is 17.1 Å². The second-order valence-corrected chi connectivity index (χ2v) is 5.13. The van der Waals surface area contributed by atoms with Crippen LogP contribution in [0.5, 0.6) is 0 Å². The molecule has 0 saturated carbocycles. The molecule has 2 aromatic rings. The fraction of sp³-hybridized carbons (Fsp3) is 0.133. The summed E-state index contributed by atoms with van der Waals surface area (Å²) in [5.41, 5.74) is 1.61. The Morgan fingerprint density at radius 2 is 1.79 bits per heavy atom. The summed E-state index contributed by atoms with van der Waals surface area (Å²) in [6.07, 6.45) is 0.781. The smallest absolute Gasteiger partial charge is 0.131 e. The summed E-state index contributed by atoms with van der Waals surface area (Å²) in [7, 11) is 0. The van der Waals surface area contributed by atoms with Crippen LogP contribution < -0.4 is 0 Å². The SMILES string of the molecule is CC(C=O)c1ccc(-c2ccc(Cl)cc2Cl)c(F)c1. The van der Waals surface area contributed by atoms with E-state index < -0.39 is 5.82 Å². The van der Waals surface area contributed by atoms with Gasteiger partial charge in [0.15, 0.2) is 0 Å². The first-order chi connectivity index (χ1) is 9.02. The average molecular weight is 297 g/mol. The van der Waals surface area contributed by atoms with Gasteiger partial charge in [-0.2, -0.15) is 0 Å². The van der Waals surface area contributed by atoms with Crippen molar-refractivity contribution >= 4 is 29.5 Å². The second-order valence-electron chi connectivity index (χ2n) is 4.29. The maximum absolute atomic E-state index is 14.1. The number of carbonyl (C=O) groups excluding carboxylic acids is 1. The van der Waals surface area contributed by atoms with Crippen molar-refractivity contribution in [2.75, 3.05) is 0 Å². The van der Waals surface area contributed by atoms with Gasteiger partial charge in [0, 0.05) is 27.1 Å². The van der Waals surface area contributed by atoms with Crippen LogP contribution in [0.25, 0.3) is 11.1 Å². The maximum atomic E-state index is 14.1. The Morgan fingerprint density at radius 3 is 2.37 bits per heavy atom. The first-order valence-electron chi connectivity index (χ1n) is 5.73. The van der Waals surface area contributed by atoms with Crippen LogP contribution in [-0.4, -0.2) is 6.29 Å². The molecule has 0 N–H and O–H groups in total. The van der Waals surface area contributed by atoms with Gasteiger partial charge in [-0.05, 0) is 23.8 Å². The van der Waals surface area contributed by atoms with Gasteiger partial charge < -0.3 is 4.79 Å². The third-order valence-electron chi connectivity index (χ3n) is 2.94. The molecule has 1 atom stereocenters. The number of hydrogen-bond donors (Lipinski definition) is 0. The van der Waals surface area contributed by atoms with E-state index in [1.165, 1.54) is 6.07 Å². The predicted octanol–water partition coefficient (Wildman–Crippen LogP) is 5.10. The van der Waals surface area contributed by atoms with E-state index in [1.54, 1.807) is 37.3 Å². The molecule has 0 saturated heterocycles. The van der Waals surface area contributed by atoms with E-state index in [-0.39, 0.29) is 5.92 Å². The fourth-order valence-electron chi connectivity index (χ4n) is 1.82. The first-order valence-corrected chi connectivity index (χ1v) is 6.48. The van der Waals surface area contributed by atoms with Crippen molar-refractivity contribution < 1.29 is 9.18 Å². The van der Waals surface area contributed by atoms with Crippen molar-refractivity contribution in [1.29, 1.82) is 0 Å². The van der Waals surface area contributed by atoms with E-state index in [0.717, 1.165) is 6.29 Å². The van der Waals surface area contributed by atoms with Gasteiger partial charge in [-0.25, -0.2) is 4.39 Å². The zero-order valence-corrected chi connectivity index (χ0v) is 11.7. The number of aldehydes is 1. The molecule has 2 aromatic carbocycles. The van der Waals surface area contributed by atoms with Crippen molar-refractivity contribution in [1.82, 2.24) is 0 Å². The summed E-state index contributed by atoms with van der Waals surface area (Å²) in [5.74, 6) is -0.736. The lowest BCUT2D eigenvalue weighted by atomic mass is 9.98. The quantitative estimate of drug-likeness (QED) is 0.720. The standard InChI is InChI=1S/C15H11Cl2FO/c1-9(8-19)10-2-4-13(15(18)6-10)12-5-3-11(16)7-14(12)17/h2-9H,1H3. The summed E-state index contributed by atoms with van der Waals surface area (Å²) in [5, 5.41) is 0.892. The lowest BCUT2D eigenvalue weighted by Gasteiger charge is -2.10. The highest BCUT2D eigenvalue weighted by Gasteiger charge is 2.12. The lowest BCUT2D eigenvalue weighted by Crippen LogP contribution is -1.96. The van der Waals surface area contributed by atoms with Gasteiger partial charge in [0.05, 0.1) is 0 Å². The third kappa shape index (κ3) is 2.96. The van der Waals surface area contributed by atoms with E-state index >= 15 is 0 Å². The Kier molecular flexibility index (Phi) is 4.23. The number of benzene rings is 2. The van der Waals surface area contributed by atoms with Gasteiger partial charge in [0.2, 0.25) is 0 Å². The van der Waals surface area contributed by atoms with Gasteiger partial charge in [-0.3, -0.25) is 0 Å². The highest BCUT2D eigenvalue weighted by atomic mass is 35.5. The summed E-state index contributed by atoms with van der Waals surface area (Å²) >= 11 is 11.9. The van der Waals surface area contributed by atoms with E-state index in [0.29, 0.717) is 26.7 Å². The van der Waals surface area contributed by atoms with E-state index in [4.69, 9.17) is 23.2 Å². The minimum absolute atomic E-state index is 0.329. The lowest BCUT2D eigenvalue weighted by molar-refractivity contribution is -0.108. The monoisotopic (exact) mass is 296 g/mol. The van der Waals surface area contributed by atoms with E-state index in [9.17, 15) is 9.18 Å². The molecule has 0 radical (unpaired) electrons. The first kappa shape index (κ1) is 14.0. The van der Waals surface area contributed by atoms with Crippen LogP contribution in [0.15, 0.2) is 36.4 Å². The molecule has 0 aliphatic heterocycles. The molecular weight excluding hydrogens is 286 g/mol. The van der Waals surface area contributed by atoms with Crippen LogP contribution in [0.2, 0.25) is 10.0 Å². The molecule has 0 amide bonds. The molecule has 1 unspecified atom stereocenters. The molecule has 4 heteroatoms. The Morgan fingerprint density at radius 1 is 1.11 bits per heavy atom. The van der Waals surface area contributed by atoms with Crippen molar-refractivity contribution in [2.24, 2.45) is 0 Å². The molecule has 19 heavy (non-hydrogen) atoms. The third-order valence-corrected chi connectivity index (χ3v) is 3.49. The molecule has 98 valence electrons. The molecule has 0 spiro atoms. The molecule has 0 fully saturated rings. The highest BCUT2D eigenvalue weighted by molar-refractivity contribution is 6.36. The minimum atomic E-state index is -0.407. The van der Waals surface area contributed by atoms with Crippen LogP contribution in [0, 0.1) is 5.82 Å². The van der Waals surface area contributed by atoms with Crippen LogP contribution >= 0.6 is 23.2 Å². The van der Waals surface area contributed by atoms with Gasteiger partial charge in [0.1, 0.15) is 12.1 Å². The Bertz CT molecular complexity index is 626. The van der Waals surface area contributed by atoms with Crippen molar-refractivity contribution in [3.8, 4) is 11.1 Å². The second kappa shape index (κ2) is 5.72. The summed E-state index contributed by atoms with van der Waals surface area (Å²) in [6, 6.07) is 9.61. The molecule has 0 heterocycles. The van der Waals surface area contributed by atoms with Gasteiger partial charge in [-0.15, -0.1) is 0 Å².